The standard InChI is InChI=1S/CH4.Al.Mg.Ni.5H/h1H4;;;;;;;;/q;;+2;;;;;2*-1. The van der Waals surface area contributed by atoms with Gasteiger partial charge in [0.25, 0.3) is 0 Å². The average molecular weight is 131 g/mol. The zero-order valence-electron chi connectivity index (χ0n) is 3.02. The van der Waals surface area contributed by atoms with Gasteiger partial charge in [-0.15, -0.1) is 0 Å². The predicted molar refractivity (Wildman–Crippen MR) is 24.6 cm³/mol. The van der Waals surface area contributed by atoms with Gasteiger partial charge >= 0.3 is 23.1 Å². The van der Waals surface area contributed by atoms with E-state index in [1.54, 1.807) is 0 Å². The molecule has 0 saturated heterocycles. The van der Waals surface area contributed by atoms with Crippen LogP contribution < -0.4 is 0 Å². The predicted octanol–water partition coefficient (Wildman–Crippen LogP) is -0.706. The molecule has 28 valence electrons. The second kappa shape index (κ2) is 21.5. The van der Waals surface area contributed by atoms with Crippen LogP contribution in [-0.2, 0) is 16.5 Å². The van der Waals surface area contributed by atoms with E-state index in [9.17, 15) is 0 Å². The van der Waals surface area contributed by atoms with Crippen molar-refractivity contribution in [3.8, 4) is 0 Å². The first-order chi connectivity index (χ1) is 0. The van der Waals surface area contributed by atoms with Crippen molar-refractivity contribution < 1.29 is 19.3 Å². The van der Waals surface area contributed by atoms with Gasteiger partial charge in [-0.1, -0.05) is 7.43 Å². The Balaban J connectivity index is 0. The smallest absolute Gasteiger partial charge is 1.00 e. The molecule has 0 saturated carbocycles. The van der Waals surface area contributed by atoms with Crippen LogP contribution in [0, 0.1) is 0 Å². The van der Waals surface area contributed by atoms with Crippen LogP contribution in [-0.4, -0.2) is 40.4 Å². The zero-order chi connectivity index (χ0) is 0. The molecule has 0 aromatic rings. The molecule has 0 N–H and O–H groups in total. The van der Waals surface area contributed by atoms with Crippen molar-refractivity contribution in [3.63, 3.8) is 0 Å². The van der Waals surface area contributed by atoms with E-state index in [0.717, 1.165) is 0 Å². The summed E-state index contributed by atoms with van der Waals surface area (Å²) in [6.07, 6.45) is 0. The first-order valence-corrected chi connectivity index (χ1v) is 0. The number of hydrogen-bond acceptors (Lipinski definition) is 0. The Morgan fingerprint density at radius 3 is 1.25 bits per heavy atom. The fourth-order valence-corrected chi connectivity index (χ4v) is 0. The van der Waals surface area contributed by atoms with E-state index in [1.165, 1.54) is 0 Å². The van der Waals surface area contributed by atoms with Crippen LogP contribution in [0.4, 0.5) is 0 Å². The van der Waals surface area contributed by atoms with Crippen molar-refractivity contribution in [2.75, 3.05) is 0 Å². The van der Waals surface area contributed by atoms with Crippen molar-refractivity contribution in [2.45, 2.75) is 7.43 Å². The summed E-state index contributed by atoms with van der Waals surface area (Å²) in [6, 6.07) is 0. The number of rotatable bonds is 0. The second-order valence-corrected chi connectivity index (χ2v) is 0. The Hall–Kier alpha value is 1.79. The van der Waals surface area contributed by atoms with Crippen LogP contribution in [0.1, 0.15) is 10.3 Å². The molecule has 3 heteroatoms. The van der Waals surface area contributed by atoms with E-state index in [0.29, 0.717) is 0 Å². The molecule has 0 aromatic carbocycles. The van der Waals surface area contributed by atoms with Crippen molar-refractivity contribution in [1.29, 1.82) is 0 Å². The molecule has 0 rings (SSSR count). The molecule has 0 aromatic heterocycles. The van der Waals surface area contributed by atoms with Crippen LogP contribution >= 0.6 is 0 Å². The minimum absolute atomic E-state index is 0. The van der Waals surface area contributed by atoms with Crippen molar-refractivity contribution in [3.05, 3.63) is 0 Å². The fraction of sp³-hybridized carbons (Fsp3) is 1.00. The van der Waals surface area contributed by atoms with Gasteiger partial charge in [0.05, 0.1) is 0 Å². The molecule has 0 fully saturated rings. The molecule has 0 aliphatic rings. The van der Waals surface area contributed by atoms with E-state index in [1.807, 2.05) is 0 Å². The first kappa shape index (κ1) is 41.4. The normalized spacial score (nSPS) is 0. The van der Waals surface area contributed by atoms with Crippen molar-refractivity contribution in [2.24, 2.45) is 0 Å². The Labute approximate surface area is 66.9 Å². The van der Waals surface area contributed by atoms with Gasteiger partial charge in [-0.25, -0.2) is 0 Å². The summed E-state index contributed by atoms with van der Waals surface area (Å²) in [5.41, 5.74) is 0. The Kier molecular flexibility index (Phi) is 222. The third kappa shape index (κ3) is 9.20. The molecule has 0 amide bonds. The van der Waals surface area contributed by atoms with E-state index >= 15 is 0 Å². The van der Waals surface area contributed by atoms with Crippen LogP contribution in [0.2, 0.25) is 0 Å². The fourth-order valence-electron chi connectivity index (χ4n) is 0. The van der Waals surface area contributed by atoms with Crippen LogP contribution in [0.5, 0.6) is 0 Å². The summed E-state index contributed by atoms with van der Waals surface area (Å²) < 4.78 is 0. The quantitative estimate of drug-likeness (QED) is 0.381. The summed E-state index contributed by atoms with van der Waals surface area (Å²) in [5.74, 6) is 0. The molecular weight excluding hydrogens is 122 g/mol. The second-order valence-electron chi connectivity index (χ2n) is 0. The first-order valence-electron chi connectivity index (χ1n) is 0. The maximum absolute atomic E-state index is 0. The van der Waals surface area contributed by atoms with Crippen molar-refractivity contribution >= 4 is 40.4 Å². The van der Waals surface area contributed by atoms with Crippen LogP contribution in [0.15, 0.2) is 0 Å². The zero-order valence-corrected chi connectivity index (χ0v) is 3.43. The molecular formula is CH9AlMgNi. The summed E-state index contributed by atoms with van der Waals surface area (Å²) in [7, 11) is 0. The minimum Gasteiger partial charge on any atom is -1.00 e. The summed E-state index contributed by atoms with van der Waals surface area (Å²) in [4.78, 5) is 0. The van der Waals surface area contributed by atoms with Gasteiger partial charge in [0, 0.05) is 16.5 Å². The van der Waals surface area contributed by atoms with Crippen LogP contribution in [0.25, 0.3) is 0 Å². The molecule has 0 bridgehead atoms. The Morgan fingerprint density at radius 1 is 1.25 bits per heavy atom. The van der Waals surface area contributed by atoms with Gasteiger partial charge in [-0.05, 0) is 0 Å². The van der Waals surface area contributed by atoms with Crippen LogP contribution in [0.3, 0.4) is 0 Å². The molecule has 0 aliphatic carbocycles. The minimum atomic E-state index is 0. The Bertz CT molecular complexity index is 13.5. The Morgan fingerprint density at radius 2 is 1.25 bits per heavy atom. The summed E-state index contributed by atoms with van der Waals surface area (Å²) in [6.45, 7) is 0. The summed E-state index contributed by atoms with van der Waals surface area (Å²) in [5, 5.41) is 0. The van der Waals surface area contributed by atoms with Gasteiger partial charge < -0.3 is 2.85 Å². The molecule has 0 atom stereocenters. The molecule has 0 spiro atoms. The number of hydrogen-bond donors (Lipinski definition) is 0. The topological polar surface area (TPSA) is 0 Å². The molecule has 4 heavy (non-hydrogen) atoms. The van der Waals surface area contributed by atoms with Gasteiger partial charge in [-0.3, -0.25) is 0 Å². The van der Waals surface area contributed by atoms with Gasteiger partial charge in [0.1, 0.15) is 0 Å². The SMILES string of the molecule is C.[AlH3].[H-].[H-].[Mg+2].[Ni]. The van der Waals surface area contributed by atoms with Gasteiger partial charge in [0.15, 0.2) is 17.4 Å². The van der Waals surface area contributed by atoms with E-state index in [4.69, 9.17) is 0 Å². The molecule has 0 heterocycles. The van der Waals surface area contributed by atoms with Gasteiger partial charge in [-0.2, -0.15) is 0 Å². The maximum Gasteiger partial charge on any atom is 2.00 e. The molecule has 0 unspecified atom stereocenters. The van der Waals surface area contributed by atoms with Gasteiger partial charge in [0.2, 0.25) is 0 Å². The molecule has 0 nitrogen and oxygen atoms in total. The molecule has 0 aliphatic heterocycles. The summed E-state index contributed by atoms with van der Waals surface area (Å²) >= 11 is 0. The van der Waals surface area contributed by atoms with Crippen molar-refractivity contribution in [1.82, 2.24) is 0 Å². The third-order valence-corrected chi connectivity index (χ3v) is 0. The third-order valence-electron chi connectivity index (χ3n) is 0. The maximum atomic E-state index is 0. The van der Waals surface area contributed by atoms with E-state index in [-0.39, 0.29) is 67.2 Å². The monoisotopic (exact) mass is 130 g/mol. The largest absolute Gasteiger partial charge is 2.00 e. The average Bonchev–Trinajstić information content (AvgIpc) is 0. The van der Waals surface area contributed by atoms with E-state index in [2.05, 4.69) is 0 Å². The molecule has 0 radical (unpaired) electrons. The van der Waals surface area contributed by atoms with E-state index < -0.39 is 0 Å².